The Morgan fingerprint density at radius 1 is 1.16 bits per heavy atom. The van der Waals surface area contributed by atoms with Gasteiger partial charge in [0.25, 0.3) is 0 Å². The van der Waals surface area contributed by atoms with Gasteiger partial charge in [-0.1, -0.05) is 6.92 Å². The third-order valence-electron chi connectivity index (χ3n) is 5.19. The van der Waals surface area contributed by atoms with E-state index in [9.17, 15) is 0 Å². The summed E-state index contributed by atoms with van der Waals surface area (Å²) in [5, 5.41) is 0. The molecule has 1 fully saturated rings. The molecule has 2 aliphatic rings. The third-order valence-corrected chi connectivity index (χ3v) is 5.19. The molecule has 4 nitrogen and oxygen atoms in total. The van der Waals surface area contributed by atoms with Gasteiger partial charge < -0.3 is 9.47 Å². The van der Waals surface area contributed by atoms with Gasteiger partial charge in [-0.2, -0.15) is 0 Å². The number of fused-ring (bicyclic) bond motifs is 1. The van der Waals surface area contributed by atoms with Crippen LogP contribution in [0.2, 0.25) is 0 Å². The summed E-state index contributed by atoms with van der Waals surface area (Å²) in [4.78, 5) is 9.26. The number of hydrogen-bond acceptors (Lipinski definition) is 4. The van der Waals surface area contributed by atoms with Gasteiger partial charge in [-0.15, -0.1) is 0 Å². The average Bonchev–Trinajstić information content (AvgIpc) is 3.44. The SMILES string of the molecule is COc1ccc(/C=C2/C(c3cccnc3)=N[C@@H]3CC3[C@H]2C)c(OC)c1. The Bertz CT molecular complexity index is 842. The topological polar surface area (TPSA) is 43.7 Å². The van der Waals surface area contributed by atoms with Gasteiger partial charge in [0, 0.05) is 29.6 Å². The van der Waals surface area contributed by atoms with Crippen molar-refractivity contribution in [2.45, 2.75) is 19.4 Å². The fraction of sp³-hybridized carbons (Fsp3) is 0.333. The molecule has 0 bridgehead atoms. The highest BCUT2D eigenvalue weighted by molar-refractivity contribution is 6.16. The van der Waals surface area contributed by atoms with Gasteiger partial charge in [0.15, 0.2) is 0 Å². The Balaban J connectivity index is 1.80. The largest absolute Gasteiger partial charge is 0.497 e. The molecule has 4 rings (SSSR count). The molecule has 1 unspecified atom stereocenters. The van der Waals surface area contributed by atoms with Crippen molar-refractivity contribution >= 4 is 11.8 Å². The molecule has 4 heteroatoms. The van der Waals surface area contributed by atoms with Gasteiger partial charge in [0.2, 0.25) is 0 Å². The van der Waals surface area contributed by atoms with E-state index >= 15 is 0 Å². The molecule has 1 aromatic carbocycles. The molecule has 0 N–H and O–H groups in total. The predicted octanol–water partition coefficient (Wildman–Crippen LogP) is 4.01. The van der Waals surface area contributed by atoms with Crippen molar-refractivity contribution in [1.82, 2.24) is 4.98 Å². The molecule has 2 aromatic rings. The van der Waals surface area contributed by atoms with E-state index in [1.807, 2.05) is 30.5 Å². The van der Waals surface area contributed by atoms with Crippen molar-refractivity contribution in [2.75, 3.05) is 14.2 Å². The summed E-state index contributed by atoms with van der Waals surface area (Å²) in [5.41, 5.74) is 4.45. The van der Waals surface area contributed by atoms with Gasteiger partial charge in [-0.25, -0.2) is 0 Å². The summed E-state index contributed by atoms with van der Waals surface area (Å²) in [7, 11) is 3.35. The second kappa shape index (κ2) is 6.36. The van der Waals surface area contributed by atoms with Gasteiger partial charge in [0.1, 0.15) is 11.5 Å². The molecule has 128 valence electrons. The Hall–Kier alpha value is -2.62. The van der Waals surface area contributed by atoms with Crippen LogP contribution in [-0.4, -0.2) is 31.0 Å². The second-order valence-electron chi connectivity index (χ2n) is 6.68. The number of nitrogens with zero attached hydrogens (tertiary/aromatic N) is 2. The lowest BCUT2D eigenvalue weighted by Gasteiger charge is -2.23. The maximum absolute atomic E-state index is 5.57. The highest BCUT2D eigenvalue weighted by atomic mass is 16.5. The van der Waals surface area contributed by atoms with Gasteiger partial charge in [-0.3, -0.25) is 9.98 Å². The van der Waals surface area contributed by atoms with Crippen LogP contribution in [0.5, 0.6) is 11.5 Å². The van der Waals surface area contributed by atoms with Crippen LogP contribution >= 0.6 is 0 Å². The van der Waals surface area contributed by atoms with Crippen molar-refractivity contribution in [3.63, 3.8) is 0 Å². The van der Waals surface area contributed by atoms with Crippen LogP contribution in [0, 0.1) is 11.8 Å². The predicted molar refractivity (Wildman–Crippen MR) is 99.4 cm³/mol. The van der Waals surface area contributed by atoms with Crippen LogP contribution in [-0.2, 0) is 0 Å². The summed E-state index contributed by atoms with van der Waals surface area (Å²) >= 11 is 0. The highest BCUT2D eigenvalue weighted by Crippen LogP contribution is 2.48. The number of pyridine rings is 1. The molecular weight excluding hydrogens is 312 g/mol. The normalized spacial score (nSPS) is 26.0. The summed E-state index contributed by atoms with van der Waals surface area (Å²) in [6.45, 7) is 2.30. The smallest absolute Gasteiger partial charge is 0.129 e. The highest BCUT2D eigenvalue weighted by Gasteiger charge is 2.46. The van der Waals surface area contributed by atoms with E-state index in [2.05, 4.69) is 24.1 Å². The van der Waals surface area contributed by atoms with Crippen LogP contribution in [0.4, 0.5) is 0 Å². The van der Waals surface area contributed by atoms with Crippen molar-refractivity contribution in [2.24, 2.45) is 16.8 Å². The minimum Gasteiger partial charge on any atom is -0.497 e. The number of allylic oxidation sites excluding steroid dienone is 1. The van der Waals surface area contributed by atoms with Crippen LogP contribution in [0.1, 0.15) is 24.5 Å². The minimum atomic E-state index is 0.472. The van der Waals surface area contributed by atoms with Crippen molar-refractivity contribution < 1.29 is 9.47 Å². The molecular formula is C21H22N2O2. The van der Waals surface area contributed by atoms with Gasteiger partial charge in [-0.05, 0) is 54.2 Å². The molecule has 25 heavy (non-hydrogen) atoms. The van der Waals surface area contributed by atoms with E-state index in [0.29, 0.717) is 17.9 Å². The molecule has 0 spiro atoms. The molecule has 0 saturated heterocycles. The summed E-state index contributed by atoms with van der Waals surface area (Å²) < 4.78 is 10.9. The van der Waals surface area contributed by atoms with E-state index in [4.69, 9.17) is 14.5 Å². The zero-order valence-electron chi connectivity index (χ0n) is 14.8. The molecule has 0 radical (unpaired) electrons. The molecule has 1 saturated carbocycles. The molecule has 1 aliphatic heterocycles. The maximum atomic E-state index is 5.57. The van der Waals surface area contributed by atoms with E-state index < -0.39 is 0 Å². The molecule has 2 heterocycles. The first-order chi connectivity index (χ1) is 12.2. The number of rotatable bonds is 4. The minimum absolute atomic E-state index is 0.472. The van der Waals surface area contributed by atoms with Gasteiger partial charge >= 0.3 is 0 Å². The Morgan fingerprint density at radius 3 is 2.76 bits per heavy atom. The average molecular weight is 334 g/mol. The Morgan fingerprint density at radius 2 is 2.04 bits per heavy atom. The monoisotopic (exact) mass is 334 g/mol. The van der Waals surface area contributed by atoms with Crippen molar-refractivity contribution in [1.29, 1.82) is 0 Å². The zero-order chi connectivity index (χ0) is 17.4. The van der Waals surface area contributed by atoms with Crippen molar-refractivity contribution in [3.8, 4) is 11.5 Å². The van der Waals surface area contributed by atoms with E-state index in [0.717, 1.165) is 28.3 Å². The second-order valence-corrected chi connectivity index (χ2v) is 6.68. The number of aliphatic imine (C=N–C) groups is 1. The maximum Gasteiger partial charge on any atom is 0.129 e. The first-order valence-corrected chi connectivity index (χ1v) is 8.63. The number of aromatic nitrogens is 1. The first-order valence-electron chi connectivity index (χ1n) is 8.63. The van der Waals surface area contributed by atoms with E-state index in [1.54, 1.807) is 20.4 Å². The zero-order valence-corrected chi connectivity index (χ0v) is 14.8. The van der Waals surface area contributed by atoms with Crippen molar-refractivity contribution in [3.05, 3.63) is 59.4 Å². The van der Waals surface area contributed by atoms with Gasteiger partial charge in [0.05, 0.1) is 26.0 Å². The fourth-order valence-corrected chi connectivity index (χ4v) is 3.62. The standard InChI is InChI=1S/C21H22N2O2/c1-13-17-11-19(17)23-21(15-5-4-8-22-12-15)18(13)9-14-6-7-16(24-2)10-20(14)25-3/h4-10,12-13,17,19H,11H2,1-3H3/b18-9+/t13-,17?,19-/m1/s1. The van der Waals surface area contributed by atoms with E-state index in [-0.39, 0.29) is 0 Å². The third kappa shape index (κ3) is 2.93. The molecule has 3 atom stereocenters. The number of hydrogen-bond donors (Lipinski definition) is 0. The lowest BCUT2D eigenvalue weighted by molar-refractivity contribution is 0.393. The number of benzene rings is 1. The van der Waals surface area contributed by atoms with Crippen LogP contribution < -0.4 is 9.47 Å². The lowest BCUT2D eigenvalue weighted by atomic mass is 9.86. The number of ether oxygens (including phenoxy) is 2. The van der Waals surface area contributed by atoms with Crippen LogP contribution in [0.15, 0.2) is 53.3 Å². The lowest BCUT2D eigenvalue weighted by Crippen LogP contribution is -2.20. The molecule has 0 amide bonds. The molecule has 1 aliphatic carbocycles. The summed E-state index contributed by atoms with van der Waals surface area (Å²) in [6, 6.07) is 10.4. The first kappa shape index (κ1) is 15.9. The van der Waals surface area contributed by atoms with E-state index in [1.165, 1.54) is 12.0 Å². The Kier molecular flexibility index (Phi) is 4.04. The fourth-order valence-electron chi connectivity index (χ4n) is 3.62. The quantitative estimate of drug-likeness (QED) is 0.848. The van der Waals surface area contributed by atoms with Crippen LogP contribution in [0.25, 0.3) is 6.08 Å². The van der Waals surface area contributed by atoms with Crippen LogP contribution in [0.3, 0.4) is 0 Å². The Labute approximate surface area is 148 Å². The number of methoxy groups -OCH3 is 2. The summed E-state index contributed by atoms with van der Waals surface area (Å²) in [5.74, 6) is 2.74. The summed E-state index contributed by atoms with van der Waals surface area (Å²) in [6.07, 6.45) is 7.09. The molecule has 1 aromatic heterocycles.